The van der Waals surface area contributed by atoms with Crippen molar-refractivity contribution in [2.45, 2.75) is 18.9 Å². The van der Waals surface area contributed by atoms with Gasteiger partial charge in [-0.3, -0.25) is 4.79 Å². The van der Waals surface area contributed by atoms with Crippen LogP contribution in [0.25, 0.3) is 0 Å². The SMILES string of the molecule is COc1ncccc1C(=O)NC1(C)CCNC1. The number of carbonyl (C=O) groups is 1. The Morgan fingerprint density at radius 3 is 3.12 bits per heavy atom. The number of hydrogen-bond acceptors (Lipinski definition) is 4. The number of ether oxygens (including phenoxy) is 1. The Kier molecular flexibility index (Phi) is 3.28. The lowest BCUT2D eigenvalue weighted by Gasteiger charge is -2.24. The molecule has 1 aromatic heterocycles. The summed E-state index contributed by atoms with van der Waals surface area (Å²) < 4.78 is 5.08. The van der Waals surface area contributed by atoms with E-state index in [0.29, 0.717) is 11.4 Å². The molecule has 0 saturated carbocycles. The normalized spacial score (nSPS) is 23.4. The smallest absolute Gasteiger partial charge is 0.257 e. The molecule has 1 aliphatic heterocycles. The zero-order valence-electron chi connectivity index (χ0n) is 10.1. The van der Waals surface area contributed by atoms with E-state index in [9.17, 15) is 4.79 Å². The lowest BCUT2D eigenvalue weighted by Crippen LogP contribution is -2.47. The van der Waals surface area contributed by atoms with Crippen LogP contribution in [0.3, 0.4) is 0 Å². The van der Waals surface area contributed by atoms with Crippen molar-refractivity contribution in [2.75, 3.05) is 20.2 Å². The van der Waals surface area contributed by atoms with Gasteiger partial charge in [-0.15, -0.1) is 0 Å². The van der Waals surface area contributed by atoms with Gasteiger partial charge in [-0.05, 0) is 32.0 Å². The Hall–Kier alpha value is -1.62. The van der Waals surface area contributed by atoms with E-state index in [2.05, 4.69) is 15.6 Å². The van der Waals surface area contributed by atoms with Crippen molar-refractivity contribution in [3.8, 4) is 5.88 Å². The molecule has 1 amide bonds. The van der Waals surface area contributed by atoms with Crippen LogP contribution >= 0.6 is 0 Å². The van der Waals surface area contributed by atoms with Crippen molar-refractivity contribution < 1.29 is 9.53 Å². The fourth-order valence-corrected chi connectivity index (χ4v) is 1.99. The van der Waals surface area contributed by atoms with Crippen LogP contribution in [-0.4, -0.2) is 36.6 Å². The average Bonchev–Trinajstić information content (AvgIpc) is 2.75. The van der Waals surface area contributed by atoms with Crippen LogP contribution in [0, 0.1) is 0 Å². The van der Waals surface area contributed by atoms with E-state index in [1.165, 1.54) is 7.11 Å². The van der Waals surface area contributed by atoms with Crippen LogP contribution < -0.4 is 15.4 Å². The molecule has 2 heterocycles. The van der Waals surface area contributed by atoms with E-state index in [0.717, 1.165) is 19.5 Å². The van der Waals surface area contributed by atoms with E-state index < -0.39 is 0 Å². The summed E-state index contributed by atoms with van der Waals surface area (Å²) in [6.45, 7) is 3.76. The first-order valence-corrected chi connectivity index (χ1v) is 5.67. The molecule has 0 aromatic carbocycles. The topological polar surface area (TPSA) is 63.2 Å². The van der Waals surface area contributed by atoms with Crippen molar-refractivity contribution in [1.29, 1.82) is 0 Å². The maximum Gasteiger partial charge on any atom is 0.257 e. The molecule has 0 radical (unpaired) electrons. The Bertz CT molecular complexity index is 414. The zero-order chi connectivity index (χ0) is 12.3. The number of hydrogen-bond donors (Lipinski definition) is 2. The molecule has 1 unspecified atom stereocenters. The van der Waals surface area contributed by atoms with Crippen molar-refractivity contribution in [2.24, 2.45) is 0 Å². The van der Waals surface area contributed by atoms with Gasteiger partial charge in [0.2, 0.25) is 5.88 Å². The van der Waals surface area contributed by atoms with Gasteiger partial charge in [0.1, 0.15) is 5.56 Å². The molecule has 5 heteroatoms. The first-order valence-electron chi connectivity index (χ1n) is 5.67. The second-order valence-electron chi connectivity index (χ2n) is 4.50. The van der Waals surface area contributed by atoms with Gasteiger partial charge in [0.25, 0.3) is 5.91 Å². The molecule has 2 rings (SSSR count). The average molecular weight is 235 g/mol. The monoisotopic (exact) mass is 235 g/mol. The lowest BCUT2D eigenvalue weighted by atomic mass is 10.0. The van der Waals surface area contributed by atoms with Gasteiger partial charge in [0.05, 0.1) is 12.6 Å². The van der Waals surface area contributed by atoms with Crippen LogP contribution in [0.2, 0.25) is 0 Å². The fraction of sp³-hybridized carbons (Fsp3) is 0.500. The second-order valence-corrected chi connectivity index (χ2v) is 4.50. The summed E-state index contributed by atoms with van der Waals surface area (Å²) in [5, 5.41) is 6.26. The molecule has 1 aromatic rings. The highest BCUT2D eigenvalue weighted by Gasteiger charge is 2.31. The first-order chi connectivity index (χ1) is 8.14. The number of amides is 1. The van der Waals surface area contributed by atoms with Crippen LogP contribution in [0.4, 0.5) is 0 Å². The predicted molar refractivity (Wildman–Crippen MR) is 64.1 cm³/mol. The Morgan fingerprint density at radius 2 is 2.47 bits per heavy atom. The van der Waals surface area contributed by atoms with Crippen LogP contribution in [0.15, 0.2) is 18.3 Å². The molecular weight excluding hydrogens is 218 g/mol. The number of pyridine rings is 1. The van der Waals surface area contributed by atoms with Crippen LogP contribution in [0.5, 0.6) is 5.88 Å². The first kappa shape index (κ1) is 11.9. The maximum absolute atomic E-state index is 12.1. The van der Waals surface area contributed by atoms with Crippen molar-refractivity contribution >= 4 is 5.91 Å². The molecule has 17 heavy (non-hydrogen) atoms. The number of rotatable bonds is 3. The standard InChI is InChI=1S/C12H17N3O2/c1-12(5-7-13-8-12)15-10(16)9-4-3-6-14-11(9)17-2/h3-4,6,13H,5,7-8H2,1-2H3,(H,15,16). The molecule has 1 aliphatic rings. The Morgan fingerprint density at radius 1 is 1.65 bits per heavy atom. The van der Waals surface area contributed by atoms with E-state index in [1.807, 2.05) is 6.92 Å². The molecule has 92 valence electrons. The van der Waals surface area contributed by atoms with Gasteiger partial charge in [0, 0.05) is 12.7 Å². The highest BCUT2D eigenvalue weighted by molar-refractivity contribution is 5.96. The van der Waals surface area contributed by atoms with Gasteiger partial charge in [-0.2, -0.15) is 0 Å². The van der Waals surface area contributed by atoms with E-state index in [-0.39, 0.29) is 11.4 Å². The third-order valence-electron chi connectivity index (χ3n) is 2.99. The van der Waals surface area contributed by atoms with E-state index >= 15 is 0 Å². The quantitative estimate of drug-likeness (QED) is 0.804. The lowest BCUT2D eigenvalue weighted by molar-refractivity contribution is 0.0909. The molecule has 2 N–H and O–H groups in total. The molecule has 1 atom stereocenters. The summed E-state index contributed by atoms with van der Waals surface area (Å²) in [4.78, 5) is 16.1. The van der Waals surface area contributed by atoms with Gasteiger partial charge in [0.15, 0.2) is 0 Å². The molecule has 0 spiro atoms. The molecule has 0 bridgehead atoms. The highest BCUT2D eigenvalue weighted by atomic mass is 16.5. The van der Waals surface area contributed by atoms with E-state index in [4.69, 9.17) is 4.74 Å². The molecule has 0 aliphatic carbocycles. The fourth-order valence-electron chi connectivity index (χ4n) is 1.99. The van der Waals surface area contributed by atoms with Crippen molar-refractivity contribution in [1.82, 2.24) is 15.6 Å². The minimum Gasteiger partial charge on any atom is -0.480 e. The minimum atomic E-state index is -0.183. The van der Waals surface area contributed by atoms with Gasteiger partial charge in [-0.25, -0.2) is 4.98 Å². The summed E-state index contributed by atoms with van der Waals surface area (Å²) in [5.74, 6) is 0.223. The van der Waals surface area contributed by atoms with Gasteiger partial charge >= 0.3 is 0 Å². The van der Waals surface area contributed by atoms with Gasteiger partial charge in [-0.1, -0.05) is 0 Å². The molecule has 5 nitrogen and oxygen atoms in total. The summed E-state index contributed by atoms with van der Waals surface area (Å²) >= 11 is 0. The number of carbonyl (C=O) groups excluding carboxylic acids is 1. The number of aromatic nitrogens is 1. The zero-order valence-corrected chi connectivity index (χ0v) is 10.1. The summed E-state index contributed by atoms with van der Waals surface area (Å²) in [7, 11) is 1.51. The Balaban J connectivity index is 2.14. The number of nitrogens with zero attached hydrogens (tertiary/aromatic N) is 1. The van der Waals surface area contributed by atoms with Gasteiger partial charge < -0.3 is 15.4 Å². The van der Waals surface area contributed by atoms with Crippen LogP contribution in [0.1, 0.15) is 23.7 Å². The van der Waals surface area contributed by atoms with Crippen LogP contribution in [-0.2, 0) is 0 Å². The predicted octanol–water partition coefficient (Wildman–Crippen LogP) is 0.572. The third kappa shape index (κ3) is 2.55. The van der Waals surface area contributed by atoms with Crippen molar-refractivity contribution in [3.05, 3.63) is 23.9 Å². The van der Waals surface area contributed by atoms with Crippen molar-refractivity contribution in [3.63, 3.8) is 0 Å². The second kappa shape index (κ2) is 4.71. The largest absolute Gasteiger partial charge is 0.480 e. The summed E-state index contributed by atoms with van der Waals surface area (Å²) in [5.41, 5.74) is 0.293. The maximum atomic E-state index is 12.1. The minimum absolute atomic E-state index is 0.138. The van der Waals surface area contributed by atoms with E-state index in [1.54, 1.807) is 18.3 Å². The molecule has 1 fully saturated rings. The molecule has 1 saturated heterocycles. The summed E-state index contributed by atoms with van der Waals surface area (Å²) in [6, 6.07) is 3.44. The number of nitrogens with one attached hydrogen (secondary N) is 2. The summed E-state index contributed by atoms with van der Waals surface area (Å²) in [6.07, 6.45) is 2.54. The highest BCUT2D eigenvalue weighted by Crippen LogP contribution is 2.18. The molecular formula is C12H17N3O2. The third-order valence-corrected chi connectivity index (χ3v) is 2.99. The Labute approximate surface area is 101 Å². The number of methoxy groups -OCH3 is 1.